The fraction of sp³-hybridized carbons (Fsp3) is 0.391. The van der Waals surface area contributed by atoms with E-state index in [1.54, 1.807) is 19.1 Å². The number of halogens is 1. The van der Waals surface area contributed by atoms with Crippen LogP contribution in [-0.2, 0) is 14.8 Å². The molecule has 172 valence electrons. The maximum absolute atomic E-state index is 13.0. The van der Waals surface area contributed by atoms with Crippen molar-refractivity contribution in [3.05, 3.63) is 58.6 Å². The molecule has 1 saturated heterocycles. The van der Waals surface area contributed by atoms with Crippen LogP contribution in [0.3, 0.4) is 0 Å². The van der Waals surface area contributed by atoms with E-state index in [1.807, 2.05) is 19.1 Å². The summed E-state index contributed by atoms with van der Waals surface area (Å²) in [6, 6.07) is 11.2. The van der Waals surface area contributed by atoms with Gasteiger partial charge in [-0.05, 0) is 55.7 Å². The van der Waals surface area contributed by atoms with Crippen LogP contribution >= 0.6 is 11.6 Å². The number of rotatable bonds is 7. The zero-order valence-electron chi connectivity index (χ0n) is 18.2. The van der Waals surface area contributed by atoms with Gasteiger partial charge in [-0.15, -0.1) is 0 Å². The Labute approximate surface area is 194 Å². The van der Waals surface area contributed by atoms with Crippen molar-refractivity contribution in [2.75, 3.05) is 18.4 Å². The number of sulfonamides is 1. The Hall–Kier alpha value is -2.42. The minimum atomic E-state index is -3.76. The summed E-state index contributed by atoms with van der Waals surface area (Å²) in [5.74, 6) is -0.468. The summed E-state index contributed by atoms with van der Waals surface area (Å²) in [6.45, 7) is 4.53. The smallest absolute Gasteiger partial charge is 0.251 e. The SMILES string of the molecule is CCC(=O)Nc1ccc(C(C)NC(=O)c2ccc(Cl)c(S(=O)(=O)N3CCCCC3)c2)cc1. The third kappa shape index (κ3) is 5.68. The standard InChI is InChI=1S/C23H28ClN3O4S/c1-3-22(28)26-19-10-7-17(8-11-19)16(2)25-23(29)18-9-12-20(24)21(15-18)32(30,31)27-13-5-4-6-14-27/h7-12,15-16H,3-6,13-14H2,1-2H3,(H,25,29)(H,26,28). The molecule has 0 saturated carbocycles. The Kier molecular flexibility index (Phi) is 7.92. The van der Waals surface area contributed by atoms with Crippen LogP contribution in [0.15, 0.2) is 47.4 Å². The van der Waals surface area contributed by atoms with E-state index in [-0.39, 0.29) is 27.4 Å². The van der Waals surface area contributed by atoms with Gasteiger partial charge in [0, 0.05) is 30.8 Å². The molecule has 2 aromatic rings. The molecule has 7 nitrogen and oxygen atoms in total. The predicted molar refractivity (Wildman–Crippen MR) is 125 cm³/mol. The van der Waals surface area contributed by atoms with Crippen molar-refractivity contribution >= 4 is 39.1 Å². The Morgan fingerprint density at radius 2 is 1.72 bits per heavy atom. The highest BCUT2D eigenvalue weighted by Crippen LogP contribution is 2.28. The van der Waals surface area contributed by atoms with E-state index in [1.165, 1.54) is 22.5 Å². The van der Waals surface area contributed by atoms with Crippen molar-refractivity contribution in [3.63, 3.8) is 0 Å². The largest absolute Gasteiger partial charge is 0.346 e. The number of benzene rings is 2. The quantitative estimate of drug-likeness (QED) is 0.619. The number of nitrogens with one attached hydrogen (secondary N) is 2. The number of amides is 2. The molecule has 3 rings (SSSR count). The summed E-state index contributed by atoms with van der Waals surface area (Å²) in [7, 11) is -3.76. The third-order valence-corrected chi connectivity index (χ3v) is 7.87. The first-order valence-electron chi connectivity index (χ1n) is 10.7. The van der Waals surface area contributed by atoms with E-state index in [9.17, 15) is 18.0 Å². The first-order chi connectivity index (χ1) is 15.2. The second kappa shape index (κ2) is 10.5. The number of carbonyl (C=O) groups excluding carboxylic acids is 2. The van der Waals surface area contributed by atoms with Gasteiger partial charge in [-0.25, -0.2) is 8.42 Å². The van der Waals surface area contributed by atoms with Crippen molar-refractivity contribution < 1.29 is 18.0 Å². The van der Waals surface area contributed by atoms with Crippen LogP contribution in [-0.4, -0.2) is 37.6 Å². The van der Waals surface area contributed by atoms with Gasteiger partial charge in [-0.1, -0.05) is 37.1 Å². The molecule has 1 atom stereocenters. The Morgan fingerprint density at radius 3 is 2.34 bits per heavy atom. The maximum atomic E-state index is 13.0. The molecule has 9 heteroatoms. The summed E-state index contributed by atoms with van der Waals surface area (Å²) in [5.41, 5.74) is 1.76. The van der Waals surface area contributed by atoms with E-state index in [4.69, 9.17) is 11.6 Å². The third-order valence-electron chi connectivity index (χ3n) is 5.49. The number of piperidine rings is 1. The molecule has 2 N–H and O–H groups in total. The number of hydrogen-bond acceptors (Lipinski definition) is 4. The molecule has 0 aromatic heterocycles. The molecular weight excluding hydrogens is 450 g/mol. The molecule has 0 aliphatic carbocycles. The zero-order chi connectivity index (χ0) is 23.3. The van der Waals surface area contributed by atoms with E-state index in [2.05, 4.69) is 10.6 Å². The molecule has 32 heavy (non-hydrogen) atoms. The highest BCUT2D eigenvalue weighted by Gasteiger charge is 2.29. The van der Waals surface area contributed by atoms with Crippen LogP contribution in [0.1, 0.15) is 61.5 Å². The van der Waals surface area contributed by atoms with Gasteiger partial charge in [-0.2, -0.15) is 4.31 Å². The molecule has 1 unspecified atom stereocenters. The van der Waals surface area contributed by atoms with Gasteiger partial charge in [-0.3, -0.25) is 9.59 Å². The zero-order valence-corrected chi connectivity index (χ0v) is 19.8. The first-order valence-corrected chi connectivity index (χ1v) is 12.5. The highest BCUT2D eigenvalue weighted by molar-refractivity contribution is 7.89. The van der Waals surface area contributed by atoms with Crippen LogP contribution in [0.4, 0.5) is 5.69 Å². The van der Waals surface area contributed by atoms with Crippen LogP contribution in [0.5, 0.6) is 0 Å². The average Bonchev–Trinajstić information content (AvgIpc) is 2.80. The molecule has 0 spiro atoms. The normalized spacial score (nSPS) is 15.7. The lowest BCUT2D eigenvalue weighted by molar-refractivity contribution is -0.115. The van der Waals surface area contributed by atoms with E-state index < -0.39 is 15.9 Å². The molecule has 0 radical (unpaired) electrons. The average molecular weight is 478 g/mol. The van der Waals surface area contributed by atoms with Crippen LogP contribution in [0, 0.1) is 0 Å². The van der Waals surface area contributed by atoms with E-state index in [0.29, 0.717) is 25.2 Å². The molecular formula is C23H28ClN3O4S. The van der Waals surface area contributed by atoms with Crippen molar-refractivity contribution in [2.45, 2.75) is 50.5 Å². The summed E-state index contributed by atoms with van der Waals surface area (Å²) >= 11 is 6.20. The number of carbonyl (C=O) groups is 2. The lowest BCUT2D eigenvalue weighted by atomic mass is 10.1. The van der Waals surface area contributed by atoms with Crippen LogP contribution in [0.2, 0.25) is 5.02 Å². The fourth-order valence-electron chi connectivity index (χ4n) is 3.55. The minimum absolute atomic E-state index is 0.0441. The van der Waals surface area contributed by atoms with Gasteiger partial charge in [0.1, 0.15) is 4.90 Å². The van der Waals surface area contributed by atoms with E-state index >= 15 is 0 Å². The molecule has 1 aliphatic rings. The Morgan fingerprint density at radius 1 is 1.06 bits per heavy atom. The number of hydrogen-bond donors (Lipinski definition) is 2. The van der Waals surface area contributed by atoms with Crippen molar-refractivity contribution in [2.24, 2.45) is 0 Å². The van der Waals surface area contributed by atoms with E-state index in [0.717, 1.165) is 24.8 Å². The minimum Gasteiger partial charge on any atom is -0.346 e. The fourth-order valence-corrected chi connectivity index (χ4v) is 5.57. The van der Waals surface area contributed by atoms with Gasteiger partial charge >= 0.3 is 0 Å². The predicted octanol–water partition coefficient (Wildman–Crippen LogP) is 4.35. The summed E-state index contributed by atoms with van der Waals surface area (Å²) in [5, 5.41) is 5.76. The van der Waals surface area contributed by atoms with Gasteiger partial charge < -0.3 is 10.6 Å². The topological polar surface area (TPSA) is 95.6 Å². The first kappa shape index (κ1) is 24.2. The second-order valence-corrected chi connectivity index (χ2v) is 10.1. The molecule has 2 amide bonds. The highest BCUT2D eigenvalue weighted by atomic mass is 35.5. The molecule has 1 aliphatic heterocycles. The lowest BCUT2D eigenvalue weighted by Gasteiger charge is -2.26. The lowest BCUT2D eigenvalue weighted by Crippen LogP contribution is -2.36. The molecule has 1 heterocycles. The molecule has 2 aromatic carbocycles. The Balaban J connectivity index is 1.74. The van der Waals surface area contributed by atoms with Crippen molar-refractivity contribution in [1.82, 2.24) is 9.62 Å². The molecule has 0 bridgehead atoms. The number of nitrogens with zero attached hydrogens (tertiary/aromatic N) is 1. The van der Waals surface area contributed by atoms with Crippen LogP contribution < -0.4 is 10.6 Å². The Bertz CT molecular complexity index is 1080. The second-order valence-electron chi connectivity index (χ2n) is 7.83. The van der Waals surface area contributed by atoms with Gasteiger partial charge in [0.2, 0.25) is 15.9 Å². The van der Waals surface area contributed by atoms with Gasteiger partial charge in [0.15, 0.2) is 0 Å². The monoisotopic (exact) mass is 477 g/mol. The van der Waals surface area contributed by atoms with Crippen molar-refractivity contribution in [3.8, 4) is 0 Å². The van der Waals surface area contributed by atoms with Gasteiger partial charge in [0.05, 0.1) is 11.1 Å². The summed E-state index contributed by atoms with van der Waals surface area (Å²) in [6.07, 6.45) is 3.03. The summed E-state index contributed by atoms with van der Waals surface area (Å²) in [4.78, 5) is 24.3. The maximum Gasteiger partial charge on any atom is 0.251 e. The molecule has 1 fully saturated rings. The van der Waals surface area contributed by atoms with Gasteiger partial charge in [0.25, 0.3) is 5.91 Å². The summed E-state index contributed by atoms with van der Waals surface area (Å²) < 4.78 is 27.5. The van der Waals surface area contributed by atoms with Crippen LogP contribution in [0.25, 0.3) is 0 Å². The van der Waals surface area contributed by atoms with Crippen molar-refractivity contribution in [1.29, 1.82) is 0 Å². The number of anilines is 1.